The van der Waals surface area contributed by atoms with Gasteiger partial charge < -0.3 is 9.64 Å². The summed E-state index contributed by atoms with van der Waals surface area (Å²) in [7, 11) is 0. The van der Waals surface area contributed by atoms with E-state index in [-0.39, 0.29) is 18.1 Å². The SMILES string of the molecule is N#CC1CCCN1C(=O)CN1CC[C@H](Oc2ccc(-c3ccccc3)cc2)C1. The summed E-state index contributed by atoms with van der Waals surface area (Å²) in [4.78, 5) is 16.4. The average molecular weight is 375 g/mol. The van der Waals surface area contributed by atoms with Crippen molar-refractivity contribution in [1.29, 1.82) is 5.26 Å². The maximum absolute atomic E-state index is 12.5. The molecule has 28 heavy (non-hydrogen) atoms. The van der Waals surface area contributed by atoms with E-state index in [9.17, 15) is 4.79 Å². The van der Waals surface area contributed by atoms with Crippen LogP contribution < -0.4 is 4.74 Å². The molecule has 2 aromatic rings. The van der Waals surface area contributed by atoms with E-state index in [1.807, 2.05) is 30.3 Å². The maximum atomic E-state index is 12.5. The summed E-state index contributed by atoms with van der Waals surface area (Å²) in [6.07, 6.45) is 2.73. The number of nitriles is 1. The molecule has 0 aromatic heterocycles. The summed E-state index contributed by atoms with van der Waals surface area (Å²) in [5, 5.41) is 9.17. The molecule has 0 N–H and O–H groups in total. The molecule has 2 heterocycles. The zero-order valence-corrected chi connectivity index (χ0v) is 16.0. The van der Waals surface area contributed by atoms with Crippen molar-refractivity contribution in [1.82, 2.24) is 9.80 Å². The lowest BCUT2D eigenvalue weighted by Crippen LogP contribution is -2.42. The van der Waals surface area contributed by atoms with Gasteiger partial charge in [-0.2, -0.15) is 5.26 Å². The van der Waals surface area contributed by atoms with Crippen LogP contribution in [0, 0.1) is 11.3 Å². The zero-order valence-electron chi connectivity index (χ0n) is 16.0. The van der Waals surface area contributed by atoms with Crippen molar-refractivity contribution in [3.8, 4) is 22.9 Å². The summed E-state index contributed by atoms with van der Waals surface area (Å²) in [6, 6.07) is 20.5. The van der Waals surface area contributed by atoms with Crippen LogP contribution in [0.5, 0.6) is 5.75 Å². The van der Waals surface area contributed by atoms with E-state index in [1.54, 1.807) is 4.90 Å². The smallest absolute Gasteiger partial charge is 0.237 e. The molecule has 2 aromatic carbocycles. The third-order valence-corrected chi connectivity index (χ3v) is 5.57. The highest BCUT2D eigenvalue weighted by atomic mass is 16.5. The Morgan fingerprint density at radius 2 is 1.79 bits per heavy atom. The van der Waals surface area contributed by atoms with Crippen molar-refractivity contribution in [3.05, 3.63) is 54.6 Å². The van der Waals surface area contributed by atoms with Gasteiger partial charge in [0.2, 0.25) is 5.91 Å². The summed E-state index contributed by atoms with van der Waals surface area (Å²) < 4.78 is 6.13. The van der Waals surface area contributed by atoms with E-state index in [0.717, 1.165) is 38.1 Å². The Kier molecular flexibility index (Phi) is 5.59. The third kappa shape index (κ3) is 4.18. The number of nitrogens with zero attached hydrogens (tertiary/aromatic N) is 3. The van der Waals surface area contributed by atoms with E-state index >= 15 is 0 Å². The molecule has 1 amide bonds. The van der Waals surface area contributed by atoms with Crippen molar-refractivity contribution in [3.63, 3.8) is 0 Å². The van der Waals surface area contributed by atoms with Gasteiger partial charge in [0.1, 0.15) is 17.9 Å². The fraction of sp³-hybridized carbons (Fsp3) is 0.391. The number of hydrogen-bond acceptors (Lipinski definition) is 4. The molecule has 144 valence electrons. The molecule has 2 fully saturated rings. The number of likely N-dealkylation sites (tertiary alicyclic amines) is 2. The van der Waals surface area contributed by atoms with Gasteiger partial charge in [-0.1, -0.05) is 42.5 Å². The van der Waals surface area contributed by atoms with Crippen LogP contribution in [-0.4, -0.2) is 54.0 Å². The van der Waals surface area contributed by atoms with E-state index in [0.29, 0.717) is 13.1 Å². The van der Waals surface area contributed by atoms with E-state index < -0.39 is 0 Å². The molecule has 5 nitrogen and oxygen atoms in total. The highest BCUT2D eigenvalue weighted by Crippen LogP contribution is 2.24. The lowest BCUT2D eigenvalue weighted by molar-refractivity contribution is -0.132. The second kappa shape index (κ2) is 8.45. The summed E-state index contributed by atoms with van der Waals surface area (Å²) in [6.45, 7) is 2.68. The molecule has 0 spiro atoms. The van der Waals surface area contributed by atoms with Crippen molar-refractivity contribution in [2.75, 3.05) is 26.2 Å². The Morgan fingerprint density at radius 3 is 2.54 bits per heavy atom. The lowest BCUT2D eigenvalue weighted by Gasteiger charge is -2.23. The van der Waals surface area contributed by atoms with Crippen LogP contribution in [0.25, 0.3) is 11.1 Å². The van der Waals surface area contributed by atoms with E-state index in [2.05, 4.69) is 35.2 Å². The van der Waals surface area contributed by atoms with Crippen LogP contribution in [0.15, 0.2) is 54.6 Å². The Labute approximate surface area is 166 Å². The first-order valence-electron chi connectivity index (χ1n) is 9.96. The predicted molar refractivity (Wildman–Crippen MR) is 108 cm³/mol. The van der Waals surface area contributed by atoms with Crippen LogP contribution in [0.3, 0.4) is 0 Å². The largest absolute Gasteiger partial charge is 0.489 e. The van der Waals surface area contributed by atoms with E-state index in [4.69, 9.17) is 10.00 Å². The van der Waals surface area contributed by atoms with Gasteiger partial charge in [-0.3, -0.25) is 9.69 Å². The van der Waals surface area contributed by atoms with Crippen LogP contribution in [-0.2, 0) is 4.79 Å². The maximum Gasteiger partial charge on any atom is 0.237 e. The molecule has 0 radical (unpaired) electrons. The Hall–Kier alpha value is -2.84. The second-order valence-corrected chi connectivity index (χ2v) is 7.53. The molecule has 0 saturated carbocycles. The number of hydrogen-bond donors (Lipinski definition) is 0. The second-order valence-electron chi connectivity index (χ2n) is 7.53. The third-order valence-electron chi connectivity index (χ3n) is 5.57. The minimum Gasteiger partial charge on any atom is -0.489 e. The molecule has 5 heteroatoms. The fourth-order valence-corrected chi connectivity index (χ4v) is 4.07. The Balaban J connectivity index is 1.29. The van der Waals surface area contributed by atoms with Crippen LogP contribution in [0.2, 0.25) is 0 Å². The predicted octanol–water partition coefficient (Wildman–Crippen LogP) is 3.32. The lowest BCUT2D eigenvalue weighted by atomic mass is 10.1. The number of benzene rings is 2. The zero-order chi connectivity index (χ0) is 19.3. The van der Waals surface area contributed by atoms with Crippen LogP contribution in [0.4, 0.5) is 0 Å². The average Bonchev–Trinajstić information content (AvgIpc) is 3.38. The first-order chi connectivity index (χ1) is 13.7. The molecule has 1 unspecified atom stereocenters. The first kappa shape index (κ1) is 18.5. The van der Waals surface area contributed by atoms with Gasteiger partial charge in [-0.05, 0) is 42.5 Å². The monoisotopic (exact) mass is 375 g/mol. The van der Waals surface area contributed by atoms with Crippen LogP contribution in [0.1, 0.15) is 19.3 Å². The van der Waals surface area contributed by atoms with Gasteiger partial charge in [0.15, 0.2) is 0 Å². The molecule has 0 aliphatic carbocycles. The first-order valence-corrected chi connectivity index (χ1v) is 9.96. The highest BCUT2D eigenvalue weighted by Gasteiger charge is 2.32. The minimum absolute atomic E-state index is 0.0666. The number of ether oxygens (including phenoxy) is 1. The number of carbonyl (C=O) groups excluding carboxylic acids is 1. The Morgan fingerprint density at radius 1 is 1.04 bits per heavy atom. The molecule has 2 aliphatic heterocycles. The molecule has 2 atom stereocenters. The molecule has 0 bridgehead atoms. The topological polar surface area (TPSA) is 56.6 Å². The van der Waals surface area contributed by atoms with Crippen molar-refractivity contribution in [2.24, 2.45) is 0 Å². The van der Waals surface area contributed by atoms with Gasteiger partial charge >= 0.3 is 0 Å². The molecular weight excluding hydrogens is 350 g/mol. The van der Waals surface area contributed by atoms with Crippen molar-refractivity contribution in [2.45, 2.75) is 31.4 Å². The van der Waals surface area contributed by atoms with Gasteiger partial charge in [0, 0.05) is 19.6 Å². The van der Waals surface area contributed by atoms with Crippen molar-refractivity contribution >= 4 is 5.91 Å². The number of carbonyl (C=O) groups is 1. The normalized spacial score (nSPS) is 22.2. The summed E-state index contributed by atoms with van der Waals surface area (Å²) >= 11 is 0. The quantitative estimate of drug-likeness (QED) is 0.804. The molecule has 4 rings (SSSR count). The van der Waals surface area contributed by atoms with E-state index in [1.165, 1.54) is 11.1 Å². The van der Waals surface area contributed by atoms with Crippen LogP contribution >= 0.6 is 0 Å². The van der Waals surface area contributed by atoms with Gasteiger partial charge in [-0.25, -0.2) is 0 Å². The summed E-state index contributed by atoms with van der Waals surface area (Å²) in [5.74, 6) is 0.929. The van der Waals surface area contributed by atoms with Gasteiger partial charge in [0.05, 0.1) is 12.6 Å². The number of amides is 1. The number of rotatable bonds is 5. The summed E-state index contributed by atoms with van der Waals surface area (Å²) in [5.41, 5.74) is 2.36. The standard InChI is InChI=1S/C23H25N3O2/c24-15-20-7-4-13-26(20)23(27)17-25-14-12-22(16-25)28-21-10-8-19(9-11-21)18-5-2-1-3-6-18/h1-3,5-6,8-11,20,22H,4,7,12-14,16-17H2/t20?,22-/m0/s1. The molecule has 2 aliphatic rings. The van der Waals surface area contributed by atoms with Gasteiger partial charge in [-0.15, -0.1) is 0 Å². The van der Waals surface area contributed by atoms with Crippen molar-refractivity contribution < 1.29 is 9.53 Å². The highest BCUT2D eigenvalue weighted by molar-refractivity contribution is 5.79. The molecular formula is C23H25N3O2. The van der Waals surface area contributed by atoms with Gasteiger partial charge in [0.25, 0.3) is 0 Å². The molecule has 2 saturated heterocycles. The Bertz CT molecular complexity index is 844. The fourth-order valence-electron chi connectivity index (χ4n) is 4.07. The minimum atomic E-state index is -0.245.